The Hall–Kier alpha value is -1.42. The summed E-state index contributed by atoms with van der Waals surface area (Å²) in [7, 11) is 0. The fraction of sp³-hybridized carbons (Fsp3) is 0.500. The summed E-state index contributed by atoms with van der Waals surface area (Å²) < 4.78 is 12.7. The Balaban J connectivity index is 1.82. The molecule has 0 bridgehead atoms. The van der Waals surface area contributed by atoms with E-state index in [1.54, 1.807) is 12.1 Å². The maximum Gasteiger partial charge on any atom is 0.225 e. The van der Waals surface area contributed by atoms with Gasteiger partial charge in [0.1, 0.15) is 5.82 Å². The first-order valence-electron chi connectivity index (χ1n) is 6.44. The van der Waals surface area contributed by atoms with E-state index in [0.717, 1.165) is 13.1 Å². The third-order valence-corrected chi connectivity index (χ3v) is 3.37. The van der Waals surface area contributed by atoms with E-state index in [-0.39, 0.29) is 17.8 Å². The molecular formula is C14H19FN2O. The molecule has 0 spiro atoms. The van der Waals surface area contributed by atoms with Crippen molar-refractivity contribution < 1.29 is 9.18 Å². The molecule has 1 aromatic rings. The van der Waals surface area contributed by atoms with Crippen molar-refractivity contribution in [1.82, 2.24) is 4.90 Å². The lowest BCUT2D eigenvalue weighted by atomic mass is 10.2. The molecule has 1 saturated heterocycles. The molecule has 3 nitrogen and oxygen atoms in total. The second-order valence-electron chi connectivity index (χ2n) is 4.85. The molecule has 0 aliphatic carbocycles. The summed E-state index contributed by atoms with van der Waals surface area (Å²) in [4.78, 5) is 14.2. The number of carbonyl (C=O) groups excluding carboxylic acids is 1. The van der Waals surface area contributed by atoms with Gasteiger partial charge in [-0.25, -0.2) is 4.39 Å². The Morgan fingerprint density at radius 1 is 1.33 bits per heavy atom. The van der Waals surface area contributed by atoms with Gasteiger partial charge in [-0.3, -0.25) is 4.79 Å². The lowest BCUT2D eigenvalue weighted by molar-refractivity contribution is -0.117. The van der Waals surface area contributed by atoms with Gasteiger partial charge in [-0.15, -0.1) is 0 Å². The fourth-order valence-electron chi connectivity index (χ4n) is 2.33. The van der Waals surface area contributed by atoms with E-state index in [2.05, 4.69) is 17.1 Å². The van der Waals surface area contributed by atoms with E-state index < -0.39 is 0 Å². The number of benzene rings is 1. The van der Waals surface area contributed by atoms with Gasteiger partial charge >= 0.3 is 0 Å². The number of nitrogens with one attached hydrogen (secondary N) is 1. The van der Waals surface area contributed by atoms with Crippen LogP contribution in [0.25, 0.3) is 0 Å². The topological polar surface area (TPSA) is 32.3 Å². The summed E-state index contributed by atoms with van der Waals surface area (Å²) in [5.74, 6) is -0.306. The number of hydrogen-bond acceptors (Lipinski definition) is 2. The molecule has 1 amide bonds. The third-order valence-electron chi connectivity index (χ3n) is 3.37. The molecule has 1 aromatic carbocycles. The maximum absolute atomic E-state index is 12.7. The second-order valence-corrected chi connectivity index (χ2v) is 4.85. The average Bonchev–Trinajstić information content (AvgIpc) is 2.85. The number of amides is 1. The first kappa shape index (κ1) is 13.0. The van der Waals surface area contributed by atoms with E-state index in [0.29, 0.717) is 12.1 Å². The summed E-state index contributed by atoms with van der Waals surface area (Å²) >= 11 is 0. The highest BCUT2D eigenvalue weighted by Crippen LogP contribution is 2.15. The summed E-state index contributed by atoms with van der Waals surface area (Å²) in [6.07, 6.45) is 2.94. The van der Waals surface area contributed by atoms with Crippen LogP contribution in [-0.4, -0.2) is 29.9 Å². The van der Waals surface area contributed by atoms with E-state index in [1.165, 1.54) is 25.0 Å². The molecule has 98 valence electrons. The van der Waals surface area contributed by atoms with Crippen molar-refractivity contribution in [1.29, 1.82) is 0 Å². The van der Waals surface area contributed by atoms with Crippen LogP contribution in [0, 0.1) is 5.82 Å². The standard InChI is InChI=1S/C14H19FN2O/c1-11(17-8-2-3-9-17)10-14(18)16-13-6-4-12(15)5-7-13/h4-7,11H,2-3,8-10H2,1H3,(H,16,18). The van der Waals surface area contributed by atoms with Crippen LogP contribution in [0.1, 0.15) is 26.2 Å². The minimum Gasteiger partial charge on any atom is -0.326 e. The van der Waals surface area contributed by atoms with E-state index in [4.69, 9.17) is 0 Å². The largest absolute Gasteiger partial charge is 0.326 e. The lowest BCUT2D eigenvalue weighted by Crippen LogP contribution is -2.33. The van der Waals surface area contributed by atoms with Crippen LogP contribution >= 0.6 is 0 Å². The molecule has 1 heterocycles. The van der Waals surface area contributed by atoms with Crippen molar-refractivity contribution in [2.24, 2.45) is 0 Å². The lowest BCUT2D eigenvalue weighted by Gasteiger charge is -2.23. The quantitative estimate of drug-likeness (QED) is 0.891. The smallest absolute Gasteiger partial charge is 0.225 e. The average molecular weight is 250 g/mol. The summed E-state index contributed by atoms with van der Waals surface area (Å²) in [6, 6.07) is 6.12. The van der Waals surface area contributed by atoms with Gasteiger partial charge in [-0.05, 0) is 57.1 Å². The zero-order valence-corrected chi connectivity index (χ0v) is 10.7. The SMILES string of the molecule is CC(CC(=O)Nc1ccc(F)cc1)N1CCCC1. The third kappa shape index (κ3) is 3.53. The van der Waals surface area contributed by atoms with Gasteiger partial charge in [0.05, 0.1) is 0 Å². The molecule has 1 N–H and O–H groups in total. The van der Waals surface area contributed by atoms with Gasteiger partial charge < -0.3 is 10.2 Å². The number of nitrogens with zero attached hydrogens (tertiary/aromatic N) is 1. The minimum absolute atomic E-state index is 0.0130. The molecule has 1 fully saturated rings. The molecule has 0 radical (unpaired) electrons. The number of carbonyl (C=O) groups is 1. The highest BCUT2D eigenvalue weighted by atomic mass is 19.1. The van der Waals surface area contributed by atoms with E-state index >= 15 is 0 Å². The van der Waals surface area contributed by atoms with Crippen molar-refractivity contribution in [3.8, 4) is 0 Å². The Morgan fingerprint density at radius 3 is 2.56 bits per heavy atom. The molecule has 1 unspecified atom stereocenters. The molecule has 1 aliphatic rings. The van der Waals surface area contributed by atoms with E-state index in [9.17, 15) is 9.18 Å². The number of halogens is 1. The van der Waals surface area contributed by atoms with Gasteiger partial charge in [0.15, 0.2) is 0 Å². The molecule has 4 heteroatoms. The molecule has 2 rings (SSSR count). The Labute approximate surface area is 107 Å². The Bertz CT molecular complexity index is 399. The normalized spacial score (nSPS) is 17.7. The number of hydrogen-bond donors (Lipinski definition) is 1. The number of likely N-dealkylation sites (tertiary alicyclic amines) is 1. The van der Waals surface area contributed by atoms with Gasteiger partial charge in [-0.2, -0.15) is 0 Å². The molecule has 1 aliphatic heterocycles. The van der Waals surface area contributed by atoms with Crippen LogP contribution in [-0.2, 0) is 4.79 Å². The van der Waals surface area contributed by atoms with Gasteiger partial charge in [-0.1, -0.05) is 0 Å². The van der Waals surface area contributed by atoms with Crippen LogP contribution in [0.4, 0.5) is 10.1 Å². The summed E-state index contributed by atoms with van der Waals surface area (Å²) in [6.45, 7) is 4.26. The van der Waals surface area contributed by atoms with E-state index in [1.807, 2.05) is 0 Å². The second kappa shape index (κ2) is 5.96. The number of rotatable bonds is 4. The van der Waals surface area contributed by atoms with Crippen LogP contribution in [0.3, 0.4) is 0 Å². The summed E-state index contributed by atoms with van der Waals surface area (Å²) in [5, 5.41) is 2.79. The molecular weight excluding hydrogens is 231 g/mol. The van der Waals surface area contributed by atoms with Crippen molar-refractivity contribution in [2.45, 2.75) is 32.2 Å². The first-order chi connectivity index (χ1) is 8.65. The van der Waals surface area contributed by atoms with Crippen LogP contribution in [0.5, 0.6) is 0 Å². The van der Waals surface area contributed by atoms with Gasteiger partial charge in [0.25, 0.3) is 0 Å². The maximum atomic E-state index is 12.7. The molecule has 0 aromatic heterocycles. The molecule has 1 atom stereocenters. The fourth-order valence-corrected chi connectivity index (χ4v) is 2.33. The van der Waals surface area contributed by atoms with Crippen molar-refractivity contribution >= 4 is 11.6 Å². The predicted molar refractivity (Wildman–Crippen MR) is 69.9 cm³/mol. The van der Waals surface area contributed by atoms with Gasteiger partial charge in [0.2, 0.25) is 5.91 Å². The first-order valence-corrected chi connectivity index (χ1v) is 6.44. The monoisotopic (exact) mass is 250 g/mol. The van der Waals surface area contributed by atoms with Crippen molar-refractivity contribution in [3.05, 3.63) is 30.1 Å². The zero-order chi connectivity index (χ0) is 13.0. The summed E-state index contributed by atoms with van der Waals surface area (Å²) in [5.41, 5.74) is 0.648. The minimum atomic E-state index is -0.293. The van der Waals surface area contributed by atoms with Crippen LogP contribution in [0.15, 0.2) is 24.3 Å². The Morgan fingerprint density at radius 2 is 1.94 bits per heavy atom. The highest BCUT2D eigenvalue weighted by Gasteiger charge is 2.20. The van der Waals surface area contributed by atoms with Crippen molar-refractivity contribution in [3.63, 3.8) is 0 Å². The highest BCUT2D eigenvalue weighted by molar-refractivity contribution is 5.91. The van der Waals surface area contributed by atoms with Crippen LogP contribution < -0.4 is 5.32 Å². The molecule has 0 saturated carbocycles. The number of anilines is 1. The van der Waals surface area contributed by atoms with Crippen molar-refractivity contribution in [2.75, 3.05) is 18.4 Å². The predicted octanol–water partition coefficient (Wildman–Crippen LogP) is 2.64. The van der Waals surface area contributed by atoms with Crippen LogP contribution in [0.2, 0.25) is 0 Å². The zero-order valence-electron chi connectivity index (χ0n) is 10.7. The van der Waals surface area contributed by atoms with Gasteiger partial charge in [0, 0.05) is 18.2 Å². The molecule has 18 heavy (non-hydrogen) atoms. The Kier molecular flexibility index (Phi) is 4.31.